The first kappa shape index (κ1) is 12.8. The van der Waals surface area contributed by atoms with Crippen molar-refractivity contribution in [1.82, 2.24) is 4.90 Å². The van der Waals surface area contributed by atoms with E-state index in [4.69, 9.17) is 11.6 Å². The van der Waals surface area contributed by atoms with E-state index in [0.717, 1.165) is 12.8 Å². The molecule has 0 atom stereocenters. The highest BCUT2D eigenvalue weighted by Crippen LogP contribution is 2.22. The minimum Gasteiger partial charge on any atom is -0.508 e. The van der Waals surface area contributed by atoms with Crippen LogP contribution in [0, 0.1) is 0 Å². The molecule has 1 amide bonds. The fraction of sp³-hybridized carbons (Fsp3) is 0.417. The van der Waals surface area contributed by atoms with Crippen molar-refractivity contribution in [3.63, 3.8) is 0 Å². The lowest BCUT2D eigenvalue weighted by molar-refractivity contribution is 0.0793. The molecule has 1 rings (SSSR count). The zero-order valence-corrected chi connectivity index (χ0v) is 10.3. The Morgan fingerprint density at radius 1 is 1.50 bits per heavy atom. The second kappa shape index (κ2) is 5.75. The molecule has 0 bridgehead atoms. The van der Waals surface area contributed by atoms with Crippen molar-refractivity contribution in [1.29, 1.82) is 0 Å². The molecule has 1 N–H and O–H groups in total. The molecule has 0 radical (unpaired) electrons. The van der Waals surface area contributed by atoms with Gasteiger partial charge in [0.15, 0.2) is 0 Å². The van der Waals surface area contributed by atoms with Crippen molar-refractivity contribution in [3.8, 4) is 5.75 Å². The Morgan fingerprint density at radius 2 is 2.19 bits per heavy atom. The molecule has 0 aromatic heterocycles. The third kappa shape index (κ3) is 3.14. The lowest BCUT2D eigenvalue weighted by Gasteiger charge is -2.17. The van der Waals surface area contributed by atoms with Crippen LogP contribution in [0.3, 0.4) is 0 Å². The van der Waals surface area contributed by atoms with Gasteiger partial charge >= 0.3 is 0 Å². The van der Waals surface area contributed by atoms with E-state index < -0.39 is 0 Å². The number of phenols is 1. The first-order chi connectivity index (χ1) is 7.56. The zero-order chi connectivity index (χ0) is 12.1. The number of carbonyl (C=O) groups excluding carboxylic acids is 1. The summed E-state index contributed by atoms with van der Waals surface area (Å²) in [4.78, 5) is 13.6. The summed E-state index contributed by atoms with van der Waals surface area (Å²) in [5.74, 6) is -0.106. The monoisotopic (exact) mass is 241 g/mol. The van der Waals surface area contributed by atoms with Gasteiger partial charge < -0.3 is 10.0 Å². The summed E-state index contributed by atoms with van der Waals surface area (Å²) in [6, 6.07) is 4.38. The number of halogens is 1. The van der Waals surface area contributed by atoms with Crippen LogP contribution in [-0.2, 0) is 0 Å². The molecule has 3 nitrogen and oxygen atoms in total. The summed E-state index contributed by atoms with van der Waals surface area (Å²) < 4.78 is 0. The second-order valence-electron chi connectivity index (χ2n) is 3.74. The van der Waals surface area contributed by atoms with Crippen molar-refractivity contribution >= 4 is 17.5 Å². The molecule has 0 saturated carbocycles. The van der Waals surface area contributed by atoms with Crippen LogP contribution in [-0.4, -0.2) is 29.5 Å². The van der Waals surface area contributed by atoms with Gasteiger partial charge in [-0.2, -0.15) is 0 Å². The maximum absolute atomic E-state index is 12.0. The fourth-order valence-electron chi connectivity index (χ4n) is 1.38. The number of hydrogen-bond acceptors (Lipinski definition) is 2. The molecule has 0 heterocycles. The molecule has 0 spiro atoms. The quantitative estimate of drug-likeness (QED) is 0.881. The van der Waals surface area contributed by atoms with Crippen LogP contribution < -0.4 is 0 Å². The van der Waals surface area contributed by atoms with Crippen LogP contribution in [0.15, 0.2) is 18.2 Å². The van der Waals surface area contributed by atoms with Crippen LogP contribution in [0.2, 0.25) is 5.02 Å². The van der Waals surface area contributed by atoms with Gasteiger partial charge in [-0.05, 0) is 24.6 Å². The summed E-state index contributed by atoms with van der Waals surface area (Å²) in [5.41, 5.74) is 0.347. The number of benzene rings is 1. The highest BCUT2D eigenvalue weighted by Gasteiger charge is 2.15. The predicted molar refractivity (Wildman–Crippen MR) is 65.0 cm³/mol. The van der Waals surface area contributed by atoms with Crippen molar-refractivity contribution in [2.24, 2.45) is 0 Å². The van der Waals surface area contributed by atoms with Gasteiger partial charge in [0.05, 0.1) is 10.6 Å². The van der Waals surface area contributed by atoms with Crippen molar-refractivity contribution in [2.45, 2.75) is 19.8 Å². The Balaban J connectivity index is 2.83. The molecule has 16 heavy (non-hydrogen) atoms. The summed E-state index contributed by atoms with van der Waals surface area (Å²) >= 11 is 5.91. The first-order valence-corrected chi connectivity index (χ1v) is 5.68. The third-order valence-electron chi connectivity index (χ3n) is 2.37. The summed E-state index contributed by atoms with van der Waals surface area (Å²) in [6.07, 6.45) is 1.99. The van der Waals surface area contributed by atoms with Gasteiger partial charge in [-0.15, -0.1) is 0 Å². The van der Waals surface area contributed by atoms with E-state index in [9.17, 15) is 9.90 Å². The van der Waals surface area contributed by atoms with E-state index in [1.807, 2.05) is 0 Å². The molecule has 0 saturated heterocycles. The van der Waals surface area contributed by atoms with Crippen LogP contribution in [0.1, 0.15) is 30.1 Å². The topological polar surface area (TPSA) is 40.5 Å². The second-order valence-corrected chi connectivity index (χ2v) is 4.15. The lowest BCUT2D eigenvalue weighted by Crippen LogP contribution is -2.27. The number of carbonyl (C=O) groups is 1. The maximum Gasteiger partial charge on any atom is 0.255 e. The third-order valence-corrected chi connectivity index (χ3v) is 2.70. The number of amides is 1. The number of hydrogen-bond donors (Lipinski definition) is 1. The Kier molecular flexibility index (Phi) is 4.62. The molecule has 0 fully saturated rings. The maximum atomic E-state index is 12.0. The zero-order valence-electron chi connectivity index (χ0n) is 9.53. The van der Waals surface area contributed by atoms with Crippen molar-refractivity contribution in [2.75, 3.05) is 13.6 Å². The SMILES string of the molecule is CCCCN(C)C(=O)c1cc(O)ccc1Cl. The molecular weight excluding hydrogens is 226 g/mol. The van der Waals surface area contributed by atoms with Crippen molar-refractivity contribution in [3.05, 3.63) is 28.8 Å². The van der Waals surface area contributed by atoms with Gasteiger partial charge in [-0.25, -0.2) is 0 Å². The van der Waals surface area contributed by atoms with Crippen LogP contribution in [0.4, 0.5) is 0 Å². The molecule has 4 heteroatoms. The van der Waals surface area contributed by atoms with E-state index in [2.05, 4.69) is 6.92 Å². The first-order valence-electron chi connectivity index (χ1n) is 5.30. The van der Waals surface area contributed by atoms with Gasteiger partial charge in [0.25, 0.3) is 5.91 Å². The number of rotatable bonds is 4. The Labute approximate surface area is 101 Å². The molecule has 1 aromatic rings. The highest BCUT2D eigenvalue weighted by molar-refractivity contribution is 6.33. The average molecular weight is 242 g/mol. The van der Waals surface area contributed by atoms with E-state index in [-0.39, 0.29) is 11.7 Å². The van der Waals surface area contributed by atoms with Crippen molar-refractivity contribution < 1.29 is 9.90 Å². The van der Waals surface area contributed by atoms with Gasteiger partial charge in [0, 0.05) is 13.6 Å². The molecule has 0 aliphatic carbocycles. The highest BCUT2D eigenvalue weighted by atomic mass is 35.5. The molecule has 1 aromatic carbocycles. The standard InChI is InChI=1S/C12H16ClNO2/c1-3-4-7-14(2)12(16)10-8-9(15)5-6-11(10)13/h5-6,8,15H,3-4,7H2,1-2H3. The van der Waals surface area contributed by atoms with Gasteiger partial charge in [-0.3, -0.25) is 4.79 Å². The number of aromatic hydroxyl groups is 1. The predicted octanol–water partition coefficient (Wildman–Crippen LogP) is 2.92. The number of nitrogens with zero attached hydrogens (tertiary/aromatic N) is 1. The minimum absolute atomic E-state index is 0.0524. The minimum atomic E-state index is -0.158. The van der Waals surface area contributed by atoms with Crippen LogP contribution in [0.25, 0.3) is 0 Å². The van der Waals surface area contributed by atoms with E-state index in [1.165, 1.54) is 18.2 Å². The smallest absolute Gasteiger partial charge is 0.255 e. The molecule has 0 aliphatic heterocycles. The molecule has 0 aliphatic rings. The fourth-order valence-corrected chi connectivity index (χ4v) is 1.58. The van der Waals surface area contributed by atoms with E-state index >= 15 is 0 Å². The van der Waals surface area contributed by atoms with Crippen LogP contribution in [0.5, 0.6) is 5.75 Å². The Hall–Kier alpha value is -1.22. The summed E-state index contributed by atoms with van der Waals surface area (Å²) in [5, 5.41) is 9.68. The number of phenolic OH excluding ortho intramolecular Hbond substituents is 1. The largest absolute Gasteiger partial charge is 0.508 e. The molecule has 0 unspecified atom stereocenters. The van der Waals surface area contributed by atoms with Gasteiger partial charge in [0.2, 0.25) is 0 Å². The summed E-state index contributed by atoms with van der Waals surface area (Å²) in [6.45, 7) is 2.76. The normalized spacial score (nSPS) is 10.2. The Morgan fingerprint density at radius 3 is 2.81 bits per heavy atom. The van der Waals surface area contributed by atoms with Gasteiger partial charge in [-0.1, -0.05) is 24.9 Å². The molecular formula is C12H16ClNO2. The number of unbranched alkanes of at least 4 members (excludes halogenated alkanes) is 1. The van der Waals surface area contributed by atoms with E-state index in [0.29, 0.717) is 17.1 Å². The Bertz CT molecular complexity index is 379. The van der Waals surface area contributed by atoms with Crippen LogP contribution >= 0.6 is 11.6 Å². The summed E-state index contributed by atoms with van der Waals surface area (Å²) in [7, 11) is 1.73. The lowest BCUT2D eigenvalue weighted by atomic mass is 10.2. The molecule has 88 valence electrons. The van der Waals surface area contributed by atoms with Gasteiger partial charge in [0.1, 0.15) is 5.75 Å². The average Bonchev–Trinajstić information content (AvgIpc) is 2.28. The van der Waals surface area contributed by atoms with E-state index in [1.54, 1.807) is 11.9 Å².